The number of hydrogen-bond donors (Lipinski definition) is 3. The number of fused-ring (bicyclic) bond motifs is 1. The molecule has 1 amide bonds. The zero-order chi connectivity index (χ0) is 35.5. The molecule has 11 heteroatoms. The first-order valence-corrected chi connectivity index (χ1v) is 18.2. The molecule has 0 unspecified atom stereocenters. The molecule has 2 aliphatic heterocycles. The largest absolute Gasteiger partial charge is 0.496 e. The molecule has 5 aromatic rings. The van der Waals surface area contributed by atoms with E-state index >= 15 is 0 Å². The minimum Gasteiger partial charge on any atom is -0.496 e. The van der Waals surface area contributed by atoms with Crippen molar-refractivity contribution >= 4 is 46.0 Å². The van der Waals surface area contributed by atoms with Crippen LogP contribution in [0.5, 0.6) is 5.75 Å². The number of amides is 1. The molecule has 2 atom stereocenters. The van der Waals surface area contributed by atoms with Crippen molar-refractivity contribution in [3.63, 3.8) is 0 Å². The Morgan fingerprint density at radius 2 is 1.78 bits per heavy atom. The van der Waals surface area contributed by atoms with E-state index in [2.05, 4.69) is 45.9 Å². The number of nitrogens with zero attached hydrogens (tertiary/aromatic N) is 3. The Morgan fingerprint density at radius 1 is 1.00 bits per heavy atom. The number of carbonyl (C=O) groups is 2. The lowest BCUT2D eigenvalue weighted by molar-refractivity contribution is -0.143. The summed E-state index contributed by atoms with van der Waals surface area (Å²) in [5.41, 5.74) is 7.83. The maximum atomic E-state index is 11.6. The summed E-state index contributed by atoms with van der Waals surface area (Å²) in [6.45, 7) is 3.85. The molecule has 0 saturated carbocycles. The van der Waals surface area contributed by atoms with E-state index in [0.29, 0.717) is 42.5 Å². The summed E-state index contributed by atoms with van der Waals surface area (Å²) < 4.78 is 7.72. The minimum absolute atomic E-state index is 0.132. The van der Waals surface area contributed by atoms with Crippen LogP contribution in [-0.4, -0.2) is 64.4 Å². The predicted octanol–water partition coefficient (Wildman–Crippen LogP) is 7.40. The summed E-state index contributed by atoms with van der Waals surface area (Å²) in [5.74, 6) is -0.245. The molecule has 4 aromatic carbocycles. The Morgan fingerprint density at radius 3 is 2.55 bits per heavy atom. The Bertz CT molecular complexity index is 2060. The van der Waals surface area contributed by atoms with E-state index in [9.17, 15) is 14.7 Å². The van der Waals surface area contributed by atoms with Crippen LogP contribution in [0, 0.1) is 5.92 Å². The van der Waals surface area contributed by atoms with Crippen LogP contribution < -0.4 is 15.4 Å². The minimum atomic E-state index is -0.743. The number of aromatic nitrogens is 2. The van der Waals surface area contributed by atoms with E-state index < -0.39 is 5.97 Å². The van der Waals surface area contributed by atoms with Gasteiger partial charge in [-0.05, 0) is 66.3 Å². The van der Waals surface area contributed by atoms with Gasteiger partial charge in [0.05, 0.1) is 36.3 Å². The lowest BCUT2D eigenvalue weighted by Crippen LogP contribution is -2.38. The second-order valence-electron chi connectivity index (χ2n) is 13.5. The Balaban J connectivity index is 1.08. The van der Waals surface area contributed by atoms with Crippen LogP contribution >= 0.6 is 23.2 Å². The lowest BCUT2D eigenvalue weighted by atomic mass is 9.96. The van der Waals surface area contributed by atoms with Gasteiger partial charge < -0.3 is 20.5 Å². The normalized spacial score (nSPS) is 17.9. The maximum Gasteiger partial charge on any atom is 0.307 e. The van der Waals surface area contributed by atoms with Crippen LogP contribution in [0.3, 0.4) is 0 Å². The van der Waals surface area contributed by atoms with Crippen LogP contribution in [0.15, 0.2) is 79.0 Å². The topological polar surface area (TPSA) is 109 Å². The first-order chi connectivity index (χ1) is 24.8. The number of carbonyl (C=O) groups excluding carboxylic acids is 1. The molecule has 1 aromatic heterocycles. The van der Waals surface area contributed by atoms with E-state index in [0.717, 1.165) is 88.1 Å². The Hall–Kier alpha value is -4.41. The van der Waals surface area contributed by atoms with E-state index in [4.69, 9.17) is 33.0 Å². The second-order valence-corrected chi connectivity index (χ2v) is 14.3. The fourth-order valence-electron chi connectivity index (χ4n) is 7.32. The third kappa shape index (κ3) is 7.77. The molecule has 9 nitrogen and oxygen atoms in total. The van der Waals surface area contributed by atoms with Crippen LogP contribution in [-0.2, 0) is 29.2 Å². The van der Waals surface area contributed by atoms with Crippen LogP contribution in [0.25, 0.3) is 33.2 Å². The molecule has 7 rings (SSSR count). The highest BCUT2D eigenvalue weighted by molar-refractivity contribution is 6.36. The molecule has 3 N–H and O–H groups in total. The van der Waals surface area contributed by atoms with E-state index in [1.807, 2.05) is 53.3 Å². The summed E-state index contributed by atoms with van der Waals surface area (Å²) in [6.07, 6.45) is 4.92. The van der Waals surface area contributed by atoms with Crippen LogP contribution in [0.2, 0.25) is 10.0 Å². The van der Waals surface area contributed by atoms with Gasteiger partial charge >= 0.3 is 5.97 Å². The average Bonchev–Trinajstić information content (AvgIpc) is 3.75. The molecule has 0 radical (unpaired) electrons. The van der Waals surface area contributed by atoms with Gasteiger partial charge in [-0.15, -0.1) is 0 Å². The molecular formula is C40H41Cl2N5O4. The number of aliphatic carboxylic acids is 1. The third-order valence-corrected chi connectivity index (χ3v) is 10.8. The first-order valence-electron chi connectivity index (χ1n) is 17.4. The summed E-state index contributed by atoms with van der Waals surface area (Å²) >= 11 is 14.0. The third-order valence-electron chi connectivity index (χ3n) is 10.1. The molecule has 0 aliphatic carbocycles. The van der Waals surface area contributed by atoms with Gasteiger partial charge in [-0.3, -0.25) is 19.2 Å². The molecule has 2 aliphatic rings. The highest BCUT2D eigenvalue weighted by atomic mass is 35.5. The molecular weight excluding hydrogens is 685 g/mol. The summed E-state index contributed by atoms with van der Waals surface area (Å²) in [5, 5.41) is 23.0. The smallest absolute Gasteiger partial charge is 0.307 e. The van der Waals surface area contributed by atoms with Crippen molar-refractivity contribution in [2.75, 3.05) is 26.7 Å². The zero-order valence-corrected chi connectivity index (χ0v) is 30.0. The van der Waals surface area contributed by atoms with Crippen molar-refractivity contribution in [2.24, 2.45) is 5.92 Å². The summed E-state index contributed by atoms with van der Waals surface area (Å²) in [6, 6.07) is 24.8. The molecule has 264 valence electrons. The van der Waals surface area contributed by atoms with Crippen LogP contribution in [0.1, 0.15) is 42.4 Å². The van der Waals surface area contributed by atoms with Gasteiger partial charge in [0, 0.05) is 65.7 Å². The number of rotatable bonds is 12. The fourth-order valence-corrected chi connectivity index (χ4v) is 7.91. The number of hydrogen-bond acceptors (Lipinski definition) is 6. The molecule has 2 saturated heterocycles. The summed E-state index contributed by atoms with van der Waals surface area (Å²) in [7, 11) is 1.65. The number of carboxylic acid groups (broad SMARTS) is 1. The second kappa shape index (κ2) is 15.5. The number of likely N-dealkylation sites (tertiary alicyclic amines) is 1. The van der Waals surface area contributed by atoms with Gasteiger partial charge in [-0.1, -0.05) is 77.8 Å². The first kappa shape index (κ1) is 35.0. The summed E-state index contributed by atoms with van der Waals surface area (Å²) in [4.78, 5) is 25.2. The quantitative estimate of drug-likeness (QED) is 0.123. The van der Waals surface area contributed by atoms with Gasteiger partial charge in [0.2, 0.25) is 5.91 Å². The van der Waals surface area contributed by atoms with E-state index in [1.54, 1.807) is 7.11 Å². The van der Waals surface area contributed by atoms with Gasteiger partial charge in [0.15, 0.2) is 0 Å². The molecule has 2 fully saturated rings. The Kier molecular flexibility index (Phi) is 10.6. The van der Waals surface area contributed by atoms with Gasteiger partial charge in [0.1, 0.15) is 5.75 Å². The van der Waals surface area contributed by atoms with Crippen molar-refractivity contribution in [3.05, 3.63) is 106 Å². The number of piperidine rings is 1. The fraction of sp³-hybridized carbons (Fsp3) is 0.325. The van der Waals surface area contributed by atoms with Crippen molar-refractivity contribution in [3.8, 4) is 28.0 Å². The van der Waals surface area contributed by atoms with E-state index in [-0.39, 0.29) is 17.9 Å². The number of ether oxygens (including phenoxy) is 1. The zero-order valence-electron chi connectivity index (χ0n) is 28.5. The van der Waals surface area contributed by atoms with Gasteiger partial charge in [-0.2, -0.15) is 5.10 Å². The van der Waals surface area contributed by atoms with Gasteiger partial charge in [0.25, 0.3) is 0 Å². The predicted molar refractivity (Wildman–Crippen MR) is 201 cm³/mol. The van der Waals surface area contributed by atoms with E-state index in [1.165, 1.54) is 0 Å². The van der Waals surface area contributed by atoms with Crippen molar-refractivity contribution in [1.82, 2.24) is 25.3 Å². The number of benzene rings is 4. The van der Waals surface area contributed by atoms with Crippen molar-refractivity contribution < 1.29 is 19.4 Å². The molecule has 51 heavy (non-hydrogen) atoms. The number of nitrogens with one attached hydrogen (secondary N) is 2. The standard InChI is InChI=1S/C40H41Cl2N5O4/c1-51-37-18-28(35(41)17-29(37)23-46-16-4-5-27(22-46)40(49)50)24-47-36-9-3-7-32(34(36)21-44-47)33-8-2-6-31(39(33)42)26-12-10-25(11-13-26)19-43-20-30-14-15-38(48)45-30/h2-3,6-13,17-18,21,27,30,43H,4-5,14-16,19-20,22-24H2,1H3,(H,45,48)(H,49,50)/t27-,30+/m1/s1. The number of carboxylic acids is 1. The molecule has 0 spiro atoms. The SMILES string of the molecule is COc1cc(Cn2ncc3c(-c4cccc(-c5ccc(CNC[C@@H]6CCC(=O)N6)cc5)c4Cl)cccc32)c(Cl)cc1CN1CCC[C@@H](C(=O)O)C1. The number of halogens is 2. The van der Waals surface area contributed by atoms with Crippen LogP contribution in [0.4, 0.5) is 0 Å². The van der Waals surface area contributed by atoms with Crippen molar-refractivity contribution in [1.29, 1.82) is 0 Å². The number of methoxy groups -OCH3 is 1. The van der Waals surface area contributed by atoms with Gasteiger partial charge in [-0.25, -0.2) is 0 Å². The highest BCUT2D eigenvalue weighted by Crippen LogP contribution is 2.39. The van der Waals surface area contributed by atoms with Crippen molar-refractivity contribution in [2.45, 2.75) is 51.4 Å². The molecule has 0 bridgehead atoms. The lowest BCUT2D eigenvalue weighted by Gasteiger charge is -2.31. The molecule has 3 heterocycles. The monoisotopic (exact) mass is 725 g/mol. The Labute approximate surface area is 307 Å². The maximum absolute atomic E-state index is 11.6. The average molecular weight is 727 g/mol. The highest BCUT2D eigenvalue weighted by Gasteiger charge is 2.26.